The molecule has 0 saturated carbocycles. The number of benzene rings is 3. The molecular weight excluding hydrogens is 636 g/mol. The summed E-state index contributed by atoms with van der Waals surface area (Å²) in [7, 11) is 1.68. The molecule has 12 heteroatoms. The van der Waals surface area contributed by atoms with E-state index in [0.29, 0.717) is 25.6 Å². The number of hydrogen-bond donors (Lipinski definition) is 3. The molecule has 0 radical (unpaired) electrons. The van der Waals surface area contributed by atoms with Crippen molar-refractivity contribution in [2.24, 2.45) is 5.92 Å². The Labute approximate surface area is 289 Å². The summed E-state index contributed by atoms with van der Waals surface area (Å²) in [4.78, 5) is 44.9. The summed E-state index contributed by atoms with van der Waals surface area (Å²) >= 11 is 0. The Hall–Kier alpha value is -5.10. The van der Waals surface area contributed by atoms with Crippen LogP contribution in [0.25, 0.3) is 44.2 Å². The monoisotopic (exact) mass is 678 g/mol. The van der Waals surface area contributed by atoms with Crippen LogP contribution in [0.4, 0.5) is 9.59 Å². The highest BCUT2D eigenvalue weighted by Gasteiger charge is 2.40. The van der Waals surface area contributed by atoms with Crippen LogP contribution in [0.15, 0.2) is 48.7 Å². The average Bonchev–Trinajstić information content (AvgIpc) is 3.88. The molecule has 5 heterocycles. The van der Waals surface area contributed by atoms with E-state index < -0.39 is 11.7 Å². The molecule has 0 bridgehead atoms. The highest BCUT2D eigenvalue weighted by molar-refractivity contribution is 6.07. The number of aromatic amines is 2. The molecule has 3 aromatic carbocycles. The van der Waals surface area contributed by atoms with Gasteiger partial charge in [-0.2, -0.15) is 0 Å². The Morgan fingerprint density at radius 2 is 1.88 bits per heavy atom. The molecule has 8 rings (SSSR count). The van der Waals surface area contributed by atoms with Gasteiger partial charge in [0.25, 0.3) is 0 Å². The first-order valence-electron chi connectivity index (χ1n) is 17.2. The fraction of sp³-hybridized carbons (Fsp3) is 0.421. The molecule has 1 unspecified atom stereocenters. The molecule has 3 aliphatic heterocycles. The van der Waals surface area contributed by atoms with Gasteiger partial charge in [-0.15, -0.1) is 0 Å². The topological polar surface area (TPSA) is 146 Å². The highest BCUT2D eigenvalue weighted by Crippen LogP contribution is 2.44. The number of carboxylic acid groups (broad SMARTS) is 1. The van der Waals surface area contributed by atoms with Crippen LogP contribution < -0.4 is 4.74 Å². The van der Waals surface area contributed by atoms with Gasteiger partial charge >= 0.3 is 12.2 Å². The van der Waals surface area contributed by atoms with E-state index in [9.17, 15) is 14.7 Å². The number of methoxy groups -OCH3 is 1. The third kappa shape index (κ3) is 5.61. The van der Waals surface area contributed by atoms with Gasteiger partial charge in [0.1, 0.15) is 29.6 Å². The maximum absolute atomic E-state index is 13.3. The molecule has 5 aromatic rings. The zero-order chi connectivity index (χ0) is 34.9. The minimum absolute atomic E-state index is 0.0369. The van der Waals surface area contributed by atoms with Crippen LogP contribution in [0.5, 0.6) is 5.75 Å². The minimum atomic E-state index is -0.918. The number of likely N-dealkylation sites (tertiary alicyclic amines) is 2. The lowest BCUT2D eigenvalue weighted by Crippen LogP contribution is -2.37. The minimum Gasteiger partial charge on any atom is -0.488 e. The molecule has 2 aromatic heterocycles. The molecule has 2 amide bonds. The summed E-state index contributed by atoms with van der Waals surface area (Å²) < 4.78 is 17.6. The fourth-order valence-electron chi connectivity index (χ4n) is 7.93. The number of carbonyl (C=O) groups is 2. The number of ether oxygens (including phenoxy) is 3. The molecule has 2 saturated heterocycles. The molecule has 0 aliphatic carbocycles. The Balaban J connectivity index is 1.09. The molecule has 3 aliphatic rings. The second-order valence-electron chi connectivity index (χ2n) is 14.8. The van der Waals surface area contributed by atoms with Crippen molar-refractivity contribution in [2.45, 2.75) is 77.3 Å². The molecule has 260 valence electrons. The predicted octanol–water partition coefficient (Wildman–Crippen LogP) is 7.81. The van der Waals surface area contributed by atoms with E-state index in [1.165, 1.54) is 4.90 Å². The van der Waals surface area contributed by atoms with Crippen LogP contribution in [0.3, 0.4) is 0 Å². The Morgan fingerprint density at radius 3 is 2.66 bits per heavy atom. The van der Waals surface area contributed by atoms with Crippen molar-refractivity contribution < 1.29 is 28.9 Å². The van der Waals surface area contributed by atoms with E-state index in [1.54, 1.807) is 18.2 Å². The summed E-state index contributed by atoms with van der Waals surface area (Å²) in [5, 5.41) is 11.8. The molecular formula is C38H42N6O6. The number of amides is 2. The lowest BCUT2D eigenvalue weighted by atomic mass is 9.92. The third-order valence-electron chi connectivity index (χ3n) is 10.2. The van der Waals surface area contributed by atoms with Crippen LogP contribution in [0.1, 0.15) is 76.3 Å². The van der Waals surface area contributed by atoms with E-state index in [2.05, 4.69) is 51.4 Å². The number of nitrogens with one attached hydrogen (secondary N) is 2. The van der Waals surface area contributed by atoms with Crippen molar-refractivity contribution in [1.29, 1.82) is 0 Å². The zero-order valence-electron chi connectivity index (χ0n) is 28.9. The molecule has 0 spiro atoms. The van der Waals surface area contributed by atoms with E-state index in [1.807, 2.05) is 33.8 Å². The number of H-pyrrole nitrogens is 2. The van der Waals surface area contributed by atoms with Crippen LogP contribution >= 0.6 is 0 Å². The summed E-state index contributed by atoms with van der Waals surface area (Å²) in [6.45, 7) is 9.07. The Morgan fingerprint density at radius 1 is 1.04 bits per heavy atom. The number of fused-ring (bicyclic) bond motifs is 6. The van der Waals surface area contributed by atoms with Crippen LogP contribution in [0.2, 0.25) is 0 Å². The summed E-state index contributed by atoms with van der Waals surface area (Å²) in [6.07, 6.45) is 2.80. The maximum atomic E-state index is 13.3. The SMILES string of the molecule is COC[C@H]1C[C@@H](c2nc3ccc4cc5c(cc4c3[nH]2)OCc2cc(-c3cnc([C@@H]4CCC(C)N4C(=O)O)[nH]3)ccc2-5)N(C(=O)OC(C)(C)C)C1. The van der Waals surface area contributed by atoms with Crippen LogP contribution in [-0.2, 0) is 16.1 Å². The van der Waals surface area contributed by atoms with Crippen LogP contribution in [0, 0.1) is 5.92 Å². The van der Waals surface area contributed by atoms with Crippen molar-refractivity contribution in [1.82, 2.24) is 29.7 Å². The quantitative estimate of drug-likeness (QED) is 0.171. The Bertz CT molecular complexity index is 2130. The molecule has 2 fully saturated rings. The number of nitrogens with zero attached hydrogens (tertiary/aromatic N) is 4. The lowest BCUT2D eigenvalue weighted by molar-refractivity contribution is 0.0208. The van der Waals surface area contributed by atoms with Gasteiger partial charge in [-0.3, -0.25) is 9.80 Å². The average molecular weight is 679 g/mol. The van der Waals surface area contributed by atoms with Crippen molar-refractivity contribution in [2.75, 3.05) is 20.3 Å². The van der Waals surface area contributed by atoms with E-state index in [4.69, 9.17) is 19.2 Å². The third-order valence-corrected chi connectivity index (χ3v) is 10.2. The van der Waals surface area contributed by atoms with Gasteiger partial charge in [0.15, 0.2) is 0 Å². The fourth-order valence-corrected chi connectivity index (χ4v) is 7.93. The standard InChI is InChI=1S/C38H42N6O6/c1-20-6-11-30(44(20)36(45)46)34-39-16-29(41-34)23-7-9-25-24(13-23)19-49-32-15-26-22(14-27(25)32)8-10-28-33(26)42-35(40-28)31-12-21(18-48-5)17-43(31)37(47)50-38(2,3)4/h7-10,13-16,20-21,30-31H,6,11-12,17-19H2,1-5H3,(H,39,41)(H,40,42)(H,45,46)/t20?,21-,30-,31-/m0/s1. The van der Waals surface area contributed by atoms with E-state index >= 15 is 0 Å². The van der Waals surface area contributed by atoms with Gasteiger partial charge in [-0.25, -0.2) is 19.6 Å². The highest BCUT2D eigenvalue weighted by atomic mass is 16.6. The number of carbonyl (C=O) groups excluding carboxylic acids is 1. The first-order valence-corrected chi connectivity index (χ1v) is 17.2. The second-order valence-corrected chi connectivity index (χ2v) is 14.8. The van der Waals surface area contributed by atoms with Gasteiger partial charge in [-0.1, -0.05) is 18.2 Å². The maximum Gasteiger partial charge on any atom is 0.410 e. The summed E-state index contributed by atoms with van der Waals surface area (Å²) in [5.41, 5.74) is 6.11. The van der Waals surface area contributed by atoms with Gasteiger partial charge in [-0.05, 0) is 93.3 Å². The van der Waals surface area contributed by atoms with E-state index in [0.717, 1.165) is 80.6 Å². The van der Waals surface area contributed by atoms with E-state index in [-0.39, 0.29) is 30.1 Å². The van der Waals surface area contributed by atoms with Gasteiger partial charge < -0.3 is 29.3 Å². The summed E-state index contributed by atoms with van der Waals surface area (Å²) in [5.74, 6) is 2.38. The molecule has 4 atom stereocenters. The van der Waals surface area contributed by atoms with Crippen LogP contribution in [-0.4, -0.2) is 78.9 Å². The summed E-state index contributed by atoms with van der Waals surface area (Å²) in [6, 6.07) is 14.1. The number of imidazole rings is 2. The van der Waals surface area contributed by atoms with Gasteiger partial charge in [0.2, 0.25) is 0 Å². The number of rotatable bonds is 5. The van der Waals surface area contributed by atoms with Crippen molar-refractivity contribution in [3.05, 3.63) is 65.9 Å². The predicted molar refractivity (Wildman–Crippen MR) is 188 cm³/mol. The first-order chi connectivity index (χ1) is 24.0. The molecule has 12 nitrogen and oxygen atoms in total. The van der Waals surface area contributed by atoms with Crippen molar-refractivity contribution in [3.63, 3.8) is 0 Å². The van der Waals surface area contributed by atoms with Crippen molar-refractivity contribution >= 4 is 34.0 Å². The molecule has 50 heavy (non-hydrogen) atoms. The van der Waals surface area contributed by atoms with Crippen molar-refractivity contribution in [3.8, 4) is 28.1 Å². The van der Waals surface area contributed by atoms with Gasteiger partial charge in [0, 0.05) is 36.6 Å². The zero-order valence-corrected chi connectivity index (χ0v) is 28.9. The normalized spacial score (nSPS) is 21.8. The van der Waals surface area contributed by atoms with Gasteiger partial charge in [0.05, 0.1) is 41.6 Å². The lowest BCUT2D eigenvalue weighted by Gasteiger charge is -2.27. The largest absolute Gasteiger partial charge is 0.488 e. The molecule has 3 N–H and O–H groups in total. The smallest absolute Gasteiger partial charge is 0.410 e. The number of hydrogen-bond acceptors (Lipinski definition) is 7. The second kappa shape index (κ2) is 12.0. The Kier molecular flexibility index (Phi) is 7.74. The number of aromatic nitrogens is 4. The first kappa shape index (κ1) is 32.1.